The highest BCUT2D eigenvalue weighted by atomic mass is 16.5. The van der Waals surface area contributed by atoms with Crippen molar-refractivity contribution in [3.8, 4) is 5.75 Å². The van der Waals surface area contributed by atoms with Crippen molar-refractivity contribution in [2.75, 3.05) is 19.0 Å². The lowest BCUT2D eigenvalue weighted by molar-refractivity contribution is 0.0949. The van der Waals surface area contributed by atoms with Crippen LogP contribution in [0.2, 0.25) is 0 Å². The molecule has 0 unspecified atom stereocenters. The summed E-state index contributed by atoms with van der Waals surface area (Å²) in [5.41, 5.74) is 4.65. The van der Waals surface area contributed by atoms with E-state index < -0.39 is 0 Å². The van der Waals surface area contributed by atoms with Crippen LogP contribution in [0.25, 0.3) is 0 Å². The Morgan fingerprint density at radius 2 is 2.11 bits per heavy atom. The Kier molecular flexibility index (Phi) is 6.47. The molecule has 3 rings (SSSR count). The van der Waals surface area contributed by atoms with E-state index in [9.17, 15) is 4.79 Å². The fourth-order valence-corrected chi connectivity index (χ4v) is 3.27. The van der Waals surface area contributed by atoms with Gasteiger partial charge in [0.05, 0.1) is 12.8 Å². The summed E-state index contributed by atoms with van der Waals surface area (Å²) in [7, 11) is 1.64. The topological polar surface area (TPSA) is 63.2 Å². The summed E-state index contributed by atoms with van der Waals surface area (Å²) in [5, 5.41) is 6.29. The number of anilines is 2. The van der Waals surface area contributed by atoms with E-state index >= 15 is 0 Å². The van der Waals surface area contributed by atoms with Crippen LogP contribution in [0.15, 0.2) is 48.2 Å². The maximum Gasteiger partial charge on any atom is 0.269 e. The zero-order chi connectivity index (χ0) is 19.1. The number of aryl methyl sites for hydroxylation is 1. The number of aromatic nitrogens is 1. The van der Waals surface area contributed by atoms with E-state index in [1.165, 1.54) is 24.8 Å². The molecule has 1 aliphatic carbocycles. The molecule has 0 spiro atoms. The number of nitrogens with zero attached hydrogens (tertiary/aromatic N) is 1. The van der Waals surface area contributed by atoms with Crippen LogP contribution in [0.4, 0.5) is 11.4 Å². The number of carbonyl (C=O) groups is 1. The van der Waals surface area contributed by atoms with Gasteiger partial charge in [0.25, 0.3) is 5.91 Å². The van der Waals surface area contributed by atoms with Crippen molar-refractivity contribution < 1.29 is 9.53 Å². The van der Waals surface area contributed by atoms with Gasteiger partial charge in [-0.1, -0.05) is 17.7 Å². The highest BCUT2D eigenvalue weighted by Gasteiger charge is 2.10. The van der Waals surface area contributed by atoms with Crippen molar-refractivity contribution in [1.82, 2.24) is 10.3 Å². The number of pyridine rings is 1. The predicted octanol–water partition coefficient (Wildman–Crippen LogP) is 4.76. The average molecular weight is 365 g/mol. The number of benzene rings is 1. The third-order valence-corrected chi connectivity index (χ3v) is 4.74. The monoisotopic (exact) mass is 365 g/mol. The molecule has 1 aromatic carbocycles. The van der Waals surface area contributed by atoms with Crippen LogP contribution in [0.3, 0.4) is 0 Å². The molecule has 142 valence electrons. The van der Waals surface area contributed by atoms with Crippen molar-refractivity contribution in [1.29, 1.82) is 0 Å². The summed E-state index contributed by atoms with van der Waals surface area (Å²) in [4.78, 5) is 16.6. The number of rotatable bonds is 7. The largest absolute Gasteiger partial charge is 0.495 e. The molecule has 1 aromatic heterocycles. The van der Waals surface area contributed by atoms with Gasteiger partial charge in [-0.15, -0.1) is 0 Å². The number of carbonyl (C=O) groups excluding carboxylic acids is 1. The second-order valence-corrected chi connectivity index (χ2v) is 6.87. The van der Waals surface area contributed by atoms with E-state index in [0.29, 0.717) is 12.2 Å². The molecule has 2 N–H and O–H groups in total. The molecule has 1 aliphatic rings. The molecule has 0 bridgehead atoms. The number of nitrogens with one attached hydrogen (secondary N) is 2. The van der Waals surface area contributed by atoms with Crippen LogP contribution in [0, 0.1) is 6.92 Å². The normalized spacial score (nSPS) is 13.6. The fraction of sp³-hybridized carbons (Fsp3) is 0.364. The van der Waals surface area contributed by atoms with Crippen LogP contribution in [0.1, 0.15) is 48.2 Å². The van der Waals surface area contributed by atoms with Crippen molar-refractivity contribution in [2.45, 2.75) is 39.0 Å². The summed E-state index contributed by atoms with van der Waals surface area (Å²) in [5.74, 6) is 0.607. The molecular weight excluding hydrogens is 338 g/mol. The smallest absolute Gasteiger partial charge is 0.269 e. The van der Waals surface area contributed by atoms with E-state index in [2.05, 4.69) is 21.7 Å². The fourth-order valence-electron chi connectivity index (χ4n) is 3.27. The van der Waals surface area contributed by atoms with Crippen LogP contribution < -0.4 is 15.4 Å². The Morgan fingerprint density at radius 1 is 1.22 bits per heavy atom. The average Bonchev–Trinajstić information content (AvgIpc) is 2.69. The van der Waals surface area contributed by atoms with Crippen LogP contribution in [-0.2, 0) is 0 Å². The van der Waals surface area contributed by atoms with E-state index in [1.54, 1.807) is 19.4 Å². The molecule has 1 amide bonds. The van der Waals surface area contributed by atoms with Crippen molar-refractivity contribution in [3.63, 3.8) is 0 Å². The lowest BCUT2D eigenvalue weighted by atomic mass is 9.97. The van der Waals surface area contributed by atoms with Gasteiger partial charge in [0.15, 0.2) is 0 Å². The highest BCUT2D eigenvalue weighted by molar-refractivity contribution is 5.93. The molecule has 1 heterocycles. The van der Waals surface area contributed by atoms with Gasteiger partial charge in [0, 0.05) is 18.4 Å². The van der Waals surface area contributed by atoms with Crippen LogP contribution >= 0.6 is 0 Å². The Labute approximate surface area is 160 Å². The second kappa shape index (κ2) is 9.21. The molecular formula is C22H27N3O2. The first-order valence-electron chi connectivity index (χ1n) is 9.49. The lowest BCUT2D eigenvalue weighted by Crippen LogP contribution is -2.25. The summed E-state index contributed by atoms with van der Waals surface area (Å²) < 4.78 is 5.40. The zero-order valence-corrected chi connectivity index (χ0v) is 16.0. The maximum absolute atomic E-state index is 12.4. The Bertz CT molecular complexity index is 830. The summed E-state index contributed by atoms with van der Waals surface area (Å²) in [6.45, 7) is 2.67. The van der Waals surface area contributed by atoms with Crippen LogP contribution in [0.5, 0.6) is 5.75 Å². The molecule has 2 aromatic rings. The molecule has 0 saturated carbocycles. The molecule has 0 fully saturated rings. The molecule has 27 heavy (non-hydrogen) atoms. The third-order valence-electron chi connectivity index (χ3n) is 4.74. The van der Waals surface area contributed by atoms with Gasteiger partial charge in [-0.3, -0.25) is 9.78 Å². The standard InChI is InChI=1S/C22H27N3O2/c1-16-8-9-21(27-2)19(14-16)25-18-11-13-23-20(15-18)22(26)24-12-10-17-6-4-3-5-7-17/h6,8-9,11,13-15H,3-5,7,10,12H2,1-2H3,(H,23,25)(H,24,26). The van der Waals surface area contributed by atoms with E-state index in [4.69, 9.17) is 4.74 Å². The molecule has 5 heteroatoms. The first-order chi connectivity index (χ1) is 13.2. The van der Waals surface area contributed by atoms with Crippen molar-refractivity contribution in [3.05, 3.63) is 59.4 Å². The van der Waals surface area contributed by atoms with Crippen LogP contribution in [-0.4, -0.2) is 24.5 Å². The van der Waals surface area contributed by atoms with E-state index in [1.807, 2.05) is 31.2 Å². The molecule has 0 atom stereocenters. The number of amides is 1. The molecule has 0 radical (unpaired) electrons. The van der Waals surface area contributed by atoms with Gasteiger partial charge >= 0.3 is 0 Å². The molecule has 0 saturated heterocycles. The Hall–Kier alpha value is -2.82. The second-order valence-electron chi connectivity index (χ2n) is 6.87. The minimum absolute atomic E-state index is 0.147. The maximum atomic E-state index is 12.4. The quantitative estimate of drug-likeness (QED) is 0.694. The van der Waals surface area contributed by atoms with E-state index in [0.717, 1.165) is 35.5 Å². The SMILES string of the molecule is COc1ccc(C)cc1Nc1ccnc(C(=O)NCCC2=CCCCC2)c1. The van der Waals surface area contributed by atoms with Gasteiger partial charge in [-0.2, -0.15) is 0 Å². The van der Waals surface area contributed by atoms with E-state index in [-0.39, 0.29) is 5.91 Å². The van der Waals surface area contributed by atoms with Gasteiger partial charge in [0.1, 0.15) is 11.4 Å². The minimum atomic E-state index is -0.147. The minimum Gasteiger partial charge on any atom is -0.495 e. The zero-order valence-electron chi connectivity index (χ0n) is 16.0. The third kappa shape index (κ3) is 5.33. The lowest BCUT2D eigenvalue weighted by Gasteiger charge is -2.14. The van der Waals surface area contributed by atoms with Crippen molar-refractivity contribution in [2.24, 2.45) is 0 Å². The Balaban J connectivity index is 1.62. The molecule has 0 aliphatic heterocycles. The summed E-state index contributed by atoms with van der Waals surface area (Å²) >= 11 is 0. The highest BCUT2D eigenvalue weighted by Crippen LogP contribution is 2.28. The predicted molar refractivity (Wildman–Crippen MR) is 109 cm³/mol. The van der Waals surface area contributed by atoms with Gasteiger partial charge in [-0.05, 0) is 68.9 Å². The number of ether oxygens (including phenoxy) is 1. The summed E-state index contributed by atoms with van der Waals surface area (Å²) in [6, 6.07) is 9.53. The number of hydrogen-bond acceptors (Lipinski definition) is 4. The van der Waals surface area contributed by atoms with Crippen molar-refractivity contribution >= 4 is 17.3 Å². The number of hydrogen-bond donors (Lipinski definition) is 2. The number of methoxy groups -OCH3 is 1. The first-order valence-corrected chi connectivity index (χ1v) is 9.49. The molecule has 5 nitrogen and oxygen atoms in total. The first kappa shape index (κ1) is 19.0. The van der Waals surface area contributed by atoms with Gasteiger partial charge in [0.2, 0.25) is 0 Å². The van der Waals surface area contributed by atoms with Gasteiger partial charge in [-0.25, -0.2) is 0 Å². The van der Waals surface area contributed by atoms with Gasteiger partial charge < -0.3 is 15.4 Å². The number of allylic oxidation sites excluding steroid dienone is 1. The summed E-state index contributed by atoms with van der Waals surface area (Å²) in [6.07, 6.45) is 9.75. The Morgan fingerprint density at radius 3 is 2.89 bits per heavy atom.